The fourth-order valence-electron chi connectivity index (χ4n) is 1.50. The number of pyridine rings is 1. The van der Waals surface area contributed by atoms with E-state index in [1.807, 2.05) is 17.7 Å². The molecule has 15 heavy (non-hydrogen) atoms. The van der Waals surface area contributed by atoms with Crippen LogP contribution in [0.5, 0.6) is 0 Å². The van der Waals surface area contributed by atoms with Crippen molar-refractivity contribution in [2.45, 2.75) is 6.42 Å². The molecule has 0 amide bonds. The van der Waals surface area contributed by atoms with Gasteiger partial charge in [-0.1, -0.05) is 30.3 Å². The molecule has 0 aliphatic heterocycles. The maximum atomic E-state index is 2.25. The van der Waals surface area contributed by atoms with Crippen LogP contribution in [0.2, 0.25) is 0 Å². The third kappa shape index (κ3) is 2.91. The normalized spacial score (nSPS) is 10.2. The van der Waals surface area contributed by atoms with Crippen LogP contribution in [0.25, 0.3) is 0 Å². The van der Waals surface area contributed by atoms with E-state index in [4.69, 9.17) is 0 Å². The first-order chi connectivity index (χ1) is 7.34. The summed E-state index contributed by atoms with van der Waals surface area (Å²) in [5.41, 5.74) is 2.63. The molecule has 0 saturated heterocycles. The Bertz CT molecular complexity index is 403. The Morgan fingerprint density at radius 1 is 1.00 bits per heavy atom. The van der Waals surface area contributed by atoms with Gasteiger partial charge in [-0.15, -0.1) is 0 Å². The summed E-state index contributed by atoms with van der Waals surface area (Å²) in [6.45, 7) is 0. The van der Waals surface area contributed by atoms with E-state index in [1.165, 1.54) is 11.1 Å². The fourth-order valence-corrected chi connectivity index (χ4v) is 1.50. The first-order valence-electron chi connectivity index (χ1n) is 5.17. The number of aryl methyl sites for hydroxylation is 1. The third-order valence-electron chi connectivity index (χ3n) is 2.42. The largest absolute Gasteiger partial charge is 0.208 e. The van der Waals surface area contributed by atoms with Gasteiger partial charge in [-0.05, 0) is 24.0 Å². The van der Waals surface area contributed by atoms with Crippen LogP contribution in [0.3, 0.4) is 0 Å². The predicted molar refractivity (Wildman–Crippen MR) is 61.2 cm³/mol. The zero-order valence-electron chi connectivity index (χ0n) is 8.93. The molecule has 1 aromatic carbocycles. The van der Waals surface area contributed by atoms with Gasteiger partial charge in [0.1, 0.15) is 7.05 Å². The smallest absolute Gasteiger partial charge is 0.168 e. The highest BCUT2D eigenvalue weighted by molar-refractivity contribution is 5.24. The number of hydrogen-bond acceptors (Lipinski definition) is 0. The van der Waals surface area contributed by atoms with E-state index in [9.17, 15) is 0 Å². The monoisotopic (exact) mass is 197 g/mol. The highest BCUT2D eigenvalue weighted by Crippen LogP contribution is 2.07. The number of rotatable bonds is 3. The SMILES string of the molecule is C[n+]1ccc([CH]Cc2ccccc2)cc1. The lowest BCUT2D eigenvalue weighted by Crippen LogP contribution is -2.25. The Morgan fingerprint density at radius 3 is 2.33 bits per heavy atom. The molecule has 1 radical (unpaired) electrons. The molecule has 0 saturated carbocycles. The Balaban J connectivity index is 1.96. The zero-order chi connectivity index (χ0) is 10.5. The maximum Gasteiger partial charge on any atom is 0.168 e. The van der Waals surface area contributed by atoms with Gasteiger partial charge < -0.3 is 0 Å². The van der Waals surface area contributed by atoms with Gasteiger partial charge in [0.25, 0.3) is 0 Å². The van der Waals surface area contributed by atoms with Crippen LogP contribution in [-0.2, 0) is 13.5 Å². The Labute approximate surface area is 91.0 Å². The van der Waals surface area contributed by atoms with E-state index in [1.54, 1.807) is 0 Å². The van der Waals surface area contributed by atoms with Gasteiger partial charge >= 0.3 is 0 Å². The van der Waals surface area contributed by atoms with Crippen LogP contribution in [0.1, 0.15) is 11.1 Å². The minimum absolute atomic E-state index is 0.995. The molecule has 0 aliphatic rings. The second-order valence-corrected chi connectivity index (χ2v) is 3.69. The molecule has 0 atom stereocenters. The third-order valence-corrected chi connectivity index (χ3v) is 2.42. The van der Waals surface area contributed by atoms with Gasteiger partial charge in [-0.3, -0.25) is 0 Å². The van der Waals surface area contributed by atoms with Crippen molar-refractivity contribution in [3.63, 3.8) is 0 Å². The standard InChI is InChI=1S/C14H15N/c1-15-11-9-14(10-12-15)8-7-13-5-3-2-4-6-13/h2-6,8-12H,7H2,1H3/q+1. The lowest BCUT2D eigenvalue weighted by molar-refractivity contribution is -0.671. The lowest BCUT2D eigenvalue weighted by atomic mass is 10.1. The van der Waals surface area contributed by atoms with Crippen molar-refractivity contribution in [3.05, 3.63) is 72.4 Å². The van der Waals surface area contributed by atoms with Crippen molar-refractivity contribution >= 4 is 0 Å². The van der Waals surface area contributed by atoms with Gasteiger partial charge in [0, 0.05) is 12.1 Å². The van der Waals surface area contributed by atoms with Crippen LogP contribution in [0.15, 0.2) is 54.9 Å². The van der Waals surface area contributed by atoms with Gasteiger partial charge in [0.15, 0.2) is 12.4 Å². The molecule has 0 N–H and O–H groups in total. The van der Waals surface area contributed by atoms with Crippen LogP contribution >= 0.6 is 0 Å². The lowest BCUT2D eigenvalue weighted by Gasteiger charge is -2.00. The number of nitrogens with zero attached hydrogens (tertiary/aromatic N) is 1. The molecule has 2 rings (SSSR count). The highest BCUT2D eigenvalue weighted by atomic mass is 14.9. The van der Waals surface area contributed by atoms with E-state index >= 15 is 0 Å². The summed E-state index contributed by atoms with van der Waals surface area (Å²) < 4.78 is 2.04. The summed E-state index contributed by atoms with van der Waals surface area (Å²) in [6.07, 6.45) is 7.37. The fraction of sp³-hybridized carbons (Fsp3) is 0.143. The molecule has 75 valence electrons. The number of aromatic nitrogens is 1. The molecule has 2 aromatic rings. The molecule has 0 aliphatic carbocycles. The summed E-state index contributed by atoms with van der Waals surface area (Å²) >= 11 is 0. The van der Waals surface area contributed by atoms with E-state index in [2.05, 4.69) is 55.2 Å². The van der Waals surface area contributed by atoms with Crippen molar-refractivity contribution in [2.75, 3.05) is 0 Å². The van der Waals surface area contributed by atoms with Crippen molar-refractivity contribution in [1.29, 1.82) is 0 Å². The average Bonchev–Trinajstić information content (AvgIpc) is 2.30. The zero-order valence-corrected chi connectivity index (χ0v) is 8.93. The van der Waals surface area contributed by atoms with E-state index in [0.717, 1.165) is 6.42 Å². The van der Waals surface area contributed by atoms with E-state index < -0.39 is 0 Å². The van der Waals surface area contributed by atoms with Crippen molar-refractivity contribution < 1.29 is 4.57 Å². The first kappa shape index (κ1) is 9.91. The Hall–Kier alpha value is -1.63. The molecule has 0 unspecified atom stereocenters. The molecule has 0 spiro atoms. The summed E-state index contributed by atoms with van der Waals surface area (Å²) in [4.78, 5) is 0. The van der Waals surface area contributed by atoms with Crippen LogP contribution in [-0.4, -0.2) is 0 Å². The first-order valence-corrected chi connectivity index (χ1v) is 5.17. The molecular weight excluding hydrogens is 182 g/mol. The van der Waals surface area contributed by atoms with E-state index in [0.29, 0.717) is 0 Å². The average molecular weight is 197 g/mol. The second-order valence-electron chi connectivity index (χ2n) is 3.69. The van der Waals surface area contributed by atoms with Crippen molar-refractivity contribution in [2.24, 2.45) is 7.05 Å². The van der Waals surface area contributed by atoms with Crippen molar-refractivity contribution in [3.8, 4) is 0 Å². The molecule has 1 aromatic heterocycles. The molecule has 0 bridgehead atoms. The maximum absolute atomic E-state index is 2.25. The molecule has 1 heteroatoms. The van der Waals surface area contributed by atoms with Crippen LogP contribution in [0, 0.1) is 6.42 Å². The summed E-state index contributed by atoms with van der Waals surface area (Å²) in [5.74, 6) is 0. The molecule has 1 heterocycles. The van der Waals surface area contributed by atoms with Crippen LogP contribution in [0.4, 0.5) is 0 Å². The summed E-state index contributed by atoms with van der Waals surface area (Å²) in [6, 6.07) is 14.8. The Kier molecular flexibility index (Phi) is 3.13. The molecule has 1 nitrogen and oxygen atoms in total. The second kappa shape index (κ2) is 4.74. The summed E-state index contributed by atoms with van der Waals surface area (Å²) in [5, 5.41) is 0. The quantitative estimate of drug-likeness (QED) is 0.665. The predicted octanol–water partition coefficient (Wildman–Crippen LogP) is 2.31. The topological polar surface area (TPSA) is 3.88 Å². The minimum Gasteiger partial charge on any atom is -0.208 e. The van der Waals surface area contributed by atoms with Gasteiger partial charge in [0.2, 0.25) is 0 Å². The highest BCUT2D eigenvalue weighted by Gasteiger charge is 1.97. The van der Waals surface area contributed by atoms with Crippen molar-refractivity contribution in [1.82, 2.24) is 0 Å². The van der Waals surface area contributed by atoms with Gasteiger partial charge in [0.05, 0.1) is 0 Å². The van der Waals surface area contributed by atoms with Gasteiger partial charge in [-0.2, -0.15) is 0 Å². The molecular formula is C14H15N+. The van der Waals surface area contributed by atoms with E-state index in [-0.39, 0.29) is 0 Å². The Morgan fingerprint density at radius 2 is 1.67 bits per heavy atom. The minimum atomic E-state index is 0.995. The number of benzene rings is 1. The molecule has 0 fully saturated rings. The summed E-state index contributed by atoms with van der Waals surface area (Å²) in [7, 11) is 2.03. The number of hydrogen-bond donors (Lipinski definition) is 0. The van der Waals surface area contributed by atoms with Crippen LogP contribution < -0.4 is 4.57 Å². The van der Waals surface area contributed by atoms with Gasteiger partial charge in [-0.25, -0.2) is 4.57 Å².